The van der Waals surface area contributed by atoms with Gasteiger partial charge < -0.3 is 20.9 Å². The van der Waals surface area contributed by atoms with Crippen LogP contribution in [0, 0.1) is 6.92 Å². The number of halogens is 4. The largest absolute Gasteiger partial charge is 0.496 e. The molecule has 0 aliphatic heterocycles. The monoisotopic (exact) mass is 426 g/mol. The number of imidazole rings is 1. The molecule has 0 bridgehead atoms. The van der Waals surface area contributed by atoms with E-state index in [4.69, 9.17) is 32.5 Å². The van der Waals surface area contributed by atoms with Crippen LogP contribution < -0.4 is 20.9 Å². The molecule has 0 spiro atoms. The Bertz CT molecular complexity index is 1080. The lowest BCUT2D eigenvalue weighted by atomic mass is 10.1. The first kappa shape index (κ1) is 20.7. The van der Waals surface area contributed by atoms with Crippen LogP contribution in [0.1, 0.15) is 11.3 Å². The molecule has 4 N–H and O–H groups in total. The Morgan fingerprint density at radius 2 is 1.69 bits per heavy atom. The van der Waals surface area contributed by atoms with Crippen LogP contribution in [0.5, 0.6) is 11.5 Å². The molecule has 2 aromatic carbocycles. The molecular formula is C19H18ClF3N4O2. The molecule has 1 heterocycles. The van der Waals surface area contributed by atoms with Gasteiger partial charge in [0.05, 0.1) is 42.4 Å². The Balaban J connectivity index is 2.39. The normalized spacial score (nSPS) is 11.6. The Labute approximate surface area is 169 Å². The molecule has 0 amide bonds. The van der Waals surface area contributed by atoms with E-state index in [0.717, 1.165) is 12.1 Å². The molecular weight excluding hydrogens is 409 g/mol. The molecule has 3 rings (SSSR count). The number of hydrogen-bond acceptors (Lipinski definition) is 5. The molecule has 6 nitrogen and oxygen atoms in total. The number of nitrogens with two attached hydrogens (primary N) is 2. The maximum absolute atomic E-state index is 13.4. The third kappa shape index (κ3) is 3.65. The van der Waals surface area contributed by atoms with E-state index >= 15 is 0 Å². The van der Waals surface area contributed by atoms with Gasteiger partial charge in [0, 0.05) is 5.02 Å². The Hall–Kier alpha value is -3.07. The van der Waals surface area contributed by atoms with Gasteiger partial charge in [-0.3, -0.25) is 4.57 Å². The number of aryl methyl sites for hydroxylation is 1. The van der Waals surface area contributed by atoms with Crippen LogP contribution in [0.4, 0.5) is 24.7 Å². The second-order valence-electron chi connectivity index (χ2n) is 6.20. The third-order valence-electron chi connectivity index (χ3n) is 4.41. The highest BCUT2D eigenvalue weighted by molar-refractivity contribution is 6.31. The zero-order valence-corrected chi connectivity index (χ0v) is 16.5. The molecule has 0 fully saturated rings. The Kier molecular flexibility index (Phi) is 5.27. The number of benzene rings is 2. The highest BCUT2D eigenvalue weighted by atomic mass is 35.5. The van der Waals surface area contributed by atoms with Crippen molar-refractivity contribution in [3.05, 3.63) is 46.6 Å². The first-order valence-corrected chi connectivity index (χ1v) is 8.70. The highest BCUT2D eigenvalue weighted by Gasteiger charge is 2.33. The number of nitrogens with zero attached hydrogens (tertiary/aromatic N) is 2. The van der Waals surface area contributed by atoms with Crippen LogP contribution in [0.15, 0.2) is 30.3 Å². The Morgan fingerprint density at radius 3 is 2.28 bits per heavy atom. The average Bonchev–Trinajstić information content (AvgIpc) is 2.95. The number of nitrogen functional groups attached to an aromatic ring is 2. The van der Waals surface area contributed by atoms with Crippen molar-refractivity contribution in [3.8, 4) is 28.6 Å². The van der Waals surface area contributed by atoms with Crippen LogP contribution in [-0.2, 0) is 6.18 Å². The molecule has 0 saturated carbocycles. The van der Waals surface area contributed by atoms with Gasteiger partial charge in [0.1, 0.15) is 23.1 Å². The van der Waals surface area contributed by atoms with Crippen molar-refractivity contribution in [2.75, 3.05) is 25.7 Å². The number of ether oxygens (including phenoxy) is 2. The summed E-state index contributed by atoms with van der Waals surface area (Å²) in [6.07, 6.45) is -4.62. The van der Waals surface area contributed by atoms with Crippen molar-refractivity contribution in [1.29, 1.82) is 0 Å². The fourth-order valence-corrected chi connectivity index (χ4v) is 3.12. The van der Waals surface area contributed by atoms with Gasteiger partial charge in [-0.15, -0.1) is 0 Å². The van der Waals surface area contributed by atoms with Gasteiger partial charge in [0.2, 0.25) is 0 Å². The molecule has 0 unspecified atom stereocenters. The van der Waals surface area contributed by atoms with Gasteiger partial charge in [-0.25, -0.2) is 4.98 Å². The minimum atomic E-state index is -4.62. The number of anilines is 2. The first-order valence-electron chi connectivity index (χ1n) is 8.32. The van der Waals surface area contributed by atoms with E-state index in [9.17, 15) is 13.2 Å². The van der Waals surface area contributed by atoms with Crippen molar-refractivity contribution < 1.29 is 22.6 Å². The van der Waals surface area contributed by atoms with Crippen LogP contribution in [0.2, 0.25) is 5.02 Å². The third-order valence-corrected chi connectivity index (χ3v) is 4.64. The van der Waals surface area contributed by atoms with Crippen molar-refractivity contribution in [2.45, 2.75) is 13.1 Å². The zero-order chi connectivity index (χ0) is 21.5. The number of alkyl halides is 3. The fraction of sp³-hybridized carbons (Fsp3) is 0.211. The fourth-order valence-electron chi connectivity index (χ4n) is 2.95. The van der Waals surface area contributed by atoms with Crippen molar-refractivity contribution in [3.63, 3.8) is 0 Å². The molecule has 0 atom stereocenters. The summed E-state index contributed by atoms with van der Waals surface area (Å²) in [5, 5.41) is 0.390. The number of rotatable bonds is 4. The van der Waals surface area contributed by atoms with E-state index in [1.165, 1.54) is 18.8 Å². The van der Waals surface area contributed by atoms with Gasteiger partial charge in [-0.2, -0.15) is 13.2 Å². The quantitative estimate of drug-likeness (QED) is 0.590. The zero-order valence-electron chi connectivity index (χ0n) is 15.8. The van der Waals surface area contributed by atoms with Gasteiger partial charge in [0.15, 0.2) is 0 Å². The minimum absolute atomic E-state index is 0.0214. The molecule has 29 heavy (non-hydrogen) atoms. The van der Waals surface area contributed by atoms with E-state index in [1.54, 1.807) is 25.1 Å². The van der Waals surface area contributed by atoms with E-state index in [0.29, 0.717) is 22.0 Å². The van der Waals surface area contributed by atoms with Gasteiger partial charge in [-0.1, -0.05) is 11.6 Å². The lowest BCUT2D eigenvalue weighted by molar-refractivity contribution is -0.137. The molecule has 1 aromatic heterocycles. The predicted molar refractivity (Wildman–Crippen MR) is 106 cm³/mol. The maximum Gasteiger partial charge on any atom is 0.416 e. The summed E-state index contributed by atoms with van der Waals surface area (Å²) in [7, 11) is 2.69. The smallest absolute Gasteiger partial charge is 0.416 e. The Morgan fingerprint density at radius 1 is 1.03 bits per heavy atom. The molecule has 0 aliphatic carbocycles. The summed E-state index contributed by atoms with van der Waals surface area (Å²) in [5.41, 5.74) is 12.1. The molecule has 0 aliphatic rings. The van der Waals surface area contributed by atoms with Gasteiger partial charge in [-0.05, 0) is 37.3 Å². The van der Waals surface area contributed by atoms with Crippen LogP contribution in [-0.4, -0.2) is 23.8 Å². The standard InChI is InChI=1S/C19H18ClF3N4O2/c1-9-17(25)27(18(26-9)12-8-11(20)4-5-14(12)28-2)13-6-10(19(21,22)23)7-15(29-3)16(13)24/h4-8H,24-25H2,1-3H3. The summed E-state index contributed by atoms with van der Waals surface area (Å²) in [6, 6.07) is 6.56. The SMILES string of the molecule is COc1ccc(Cl)cc1-c1nc(C)c(N)n1-c1cc(C(F)(F)F)cc(OC)c1N. The van der Waals surface area contributed by atoms with Crippen LogP contribution in [0.3, 0.4) is 0 Å². The lowest BCUT2D eigenvalue weighted by Crippen LogP contribution is -2.12. The van der Waals surface area contributed by atoms with E-state index < -0.39 is 11.7 Å². The first-order chi connectivity index (χ1) is 13.6. The predicted octanol–water partition coefficient (Wildman–Crippen LogP) is 4.70. The van der Waals surface area contributed by atoms with Crippen molar-refractivity contribution in [1.82, 2.24) is 9.55 Å². The van der Waals surface area contributed by atoms with Gasteiger partial charge >= 0.3 is 6.18 Å². The maximum atomic E-state index is 13.4. The van der Waals surface area contributed by atoms with Gasteiger partial charge in [0.25, 0.3) is 0 Å². The van der Waals surface area contributed by atoms with E-state index in [1.807, 2.05) is 0 Å². The molecule has 154 valence electrons. The summed E-state index contributed by atoms with van der Waals surface area (Å²) < 4.78 is 52.1. The van der Waals surface area contributed by atoms with E-state index in [-0.39, 0.29) is 28.8 Å². The topological polar surface area (TPSA) is 88.3 Å². The summed E-state index contributed by atoms with van der Waals surface area (Å²) >= 11 is 6.12. The molecule has 3 aromatic rings. The lowest BCUT2D eigenvalue weighted by Gasteiger charge is -2.18. The molecule has 10 heteroatoms. The number of methoxy groups -OCH3 is 2. The van der Waals surface area contributed by atoms with Crippen molar-refractivity contribution >= 4 is 23.1 Å². The van der Waals surface area contributed by atoms with Crippen LogP contribution >= 0.6 is 11.6 Å². The summed E-state index contributed by atoms with van der Waals surface area (Å²) in [4.78, 5) is 4.42. The molecule has 0 saturated heterocycles. The second kappa shape index (κ2) is 7.40. The van der Waals surface area contributed by atoms with Crippen LogP contribution in [0.25, 0.3) is 17.1 Å². The summed E-state index contributed by atoms with van der Waals surface area (Å²) in [6.45, 7) is 1.63. The highest BCUT2D eigenvalue weighted by Crippen LogP contribution is 2.42. The average molecular weight is 427 g/mol. The summed E-state index contributed by atoms with van der Waals surface area (Å²) in [5.74, 6) is 0.630. The molecule has 0 radical (unpaired) electrons. The number of aromatic nitrogens is 2. The second-order valence-corrected chi connectivity index (χ2v) is 6.63. The van der Waals surface area contributed by atoms with Crippen molar-refractivity contribution in [2.24, 2.45) is 0 Å². The minimum Gasteiger partial charge on any atom is -0.496 e. The number of hydrogen-bond donors (Lipinski definition) is 2. The van der Waals surface area contributed by atoms with E-state index in [2.05, 4.69) is 4.98 Å².